The van der Waals surface area contributed by atoms with Crippen molar-refractivity contribution in [2.24, 2.45) is 11.7 Å². The molecule has 0 aromatic heterocycles. The first-order chi connectivity index (χ1) is 8.25. The molecule has 92 valence electrons. The van der Waals surface area contributed by atoms with E-state index < -0.39 is 0 Å². The van der Waals surface area contributed by atoms with Crippen LogP contribution in [0.2, 0.25) is 0 Å². The van der Waals surface area contributed by atoms with Crippen LogP contribution in [0, 0.1) is 5.92 Å². The summed E-state index contributed by atoms with van der Waals surface area (Å²) in [7, 11) is 0. The lowest BCUT2D eigenvalue weighted by atomic mass is 9.83. The molecule has 0 spiro atoms. The highest BCUT2D eigenvalue weighted by molar-refractivity contribution is 7.80. The molecule has 0 atom stereocenters. The fraction of sp³-hybridized carbons (Fsp3) is 0.500. The summed E-state index contributed by atoms with van der Waals surface area (Å²) < 4.78 is 5.68. The third-order valence-electron chi connectivity index (χ3n) is 3.38. The second-order valence-corrected chi connectivity index (χ2v) is 5.14. The first kappa shape index (κ1) is 12.5. The monoisotopic (exact) mass is 249 g/mol. The summed E-state index contributed by atoms with van der Waals surface area (Å²) in [6.07, 6.45) is 5.39. The Morgan fingerprint density at radius 3 is 2.88 bits per heavy atom. The molecule has 17 heavy (non-hydrogen) atoms. The van der Waals surface area contributed by atoms with E-state index in [0.29, 0.717) is 11.6 Å². The van der Waals surface area contributed by atoms with Gasteiger partial charge < -0.3 is 10.5 Å². The van der Waals surface area contributed by atoms with Gasteiger partial charge in [0.15, 0.2) is 0 Å². The molecule has 2 N–H and O–H groups in total. The number of thiocarbonyl (C=S) groups is 1. The predicted molar refractivity (Wildman–Crippen MR) is 73.9 cm³/mol. The van der Waals surface area contributed by atoms with Crippen molar-refractivity contribution < 1.29 is 4.74 Å². The van der Waals surface area contributed by atoms with Gasteiger partial charge in [-0.1, -0.05) is 49.7 Å². The van der Waals surface area contributed by atoms with Crippen molar-refractivity contribution in [3.63, 3.8) is 0 Å². The first-order valence-corrected chi connectivity index (χ1v) is 6.63. The van der Waals surface area contributed by atoms with E-state index in [2.05, 4.69) is 0 Å². The maximum atomic E-state index is 5.68. The zero-order valence-electron chi connectivity index (χ0n) is 10.0. The molecule has 0 aliphatic heterocycles. The summed E-state index contributed by atoms with van der Waals surface area (Å²) >= 11 is 4.95. The molecule has 0 radical (unpaired) electrons. The largest absolute Gasteiger partial charge is 0.389 e. The molecule has 1 aromatic carbocycles. The van der Waals surface area contributed by atoms with Crippen LogP contribution in [0.4, 0.5) is 0 Å². The molecule has 1 aromatic rings. The SMILES string of the molecule is NC(=S)c1cccc(COCCC2CCC2)c1. The second kappa shape index (κ2) is 6.12. The van der Waals surface area contributed by atoms with Crippen LogP contribution >= 0.6 is 12.2 Å². The van der Waals surface area contributed by atoms with Gasteiger partial charge in [-0.2, -0.15) is 0 Å². The van der Waals surface area contributed by atoms with Gasteiger partial charge in [-0.05, 0) is 24.0 Å². The molecule has 1 fully saturated rings. The summed E-state index contributed by atoms with van der Waals surface area (Å²) in [6, 6.07) is 7.95. The van der Waals surface area contributed by atoms with E-state index in [4.69, 9.17) is 22.7 Å². The molecule has 1 aliphatic carbocycles. The van der Waals surface area contributed by atoms with Crippen LogP contribution in [0.5, 0.6) is 0 Å². The van der Waals surface area contributed by atoms with Gasteiger partial charge in [0, 0.05) is 12.2 Å². The van der Waals surface area contributed by atoms with Crippen LogP contribution in [0.1, 0.15) is 36.8 Å². The van der Waals surface area contributed by atoms with E-state index in [1.807, 2.05) is 24.3 Å². The van der Waals surface area contributed by atoms with E-state index in [1.165, 1.54) is 25.7 Å². The van der Waals surface area contributed by atoms with Gasteiger partial charge in [0.25, 0.3) is 0 Å². The molecule has 0 bridgehead atoms. The summed E-state index contributed by atoms with van der Waals surface area (Å²) in [6.45, 7) is 1.52. The smallest absolute Gasteiger partial charge is 0.103 e. The zero-order valence-corrected chi connectivity index (χ0v) is 10.8. The van der Waals surface area contributed by atoms with Crippen molar-refractivity contribution in [2.45, 2.75) is 32.3 Å². The molecule has 0 saturated heterocycles. The normalized spacial score (nSPS) is 15.5. The van der Waals surface area contributed by atoms with Gasteiger partial charge in [-0.3, -0.25) is 0 Å². The zero-order chi connectivity index (χ0) is 12.1. The number of benzene rings is 1. The minimum Gasteiger partial charge on any atom is -0.389 e. The van der Waals surface area contributed by atoms with Crippen LogP contribution < -0.4 is 5.73 Å². The molecule has 1 aliphatic rings. The number of ether oxygens (including phenoxy) is 1. The first-order valence-electron chi connectivity index (χ1n) is 6.22. The van der Waals surface area contributed by atoms with E-state index in [0.717, 1.165) is 23.7 Å². The lowest BCUT2D eigenvalue weighted by Crippen LogP contribution is -2.13. The van der Waals surface area contributed by atoms with Crippen molar-refractivity contribution in [3.8, 4) is 0 Å². The number of rotatable bonds is 6. The third kappa shape index (κ3) is 3.79. The summed E-state index contributed by atoms with van der Waals surface area (Å²) in [5.41, 5.74) is 7.65. The van der Waals surface area contributed by atoms with Crippen LogP contribution in [0.3, 0.4) is 0 Å². The number of nitrogens with two attached hydrogens (primary N) is 1. The van der Waals surface area contributed by atoms with Gasteiger partial charge in [-0.25, -0.2) is 0 Å². The van der Waals surface area contributed by atoms with E-state index in [9.17, 15) is 0 Å². The molecule has 0 amide bonds. The summed E-state index contributed by atoms with van der Waals surface area (Å²) in [5.74, 6) is 0.915. The van der Waals surface area contributed by atoms with E-state index in [-0.39, 0.29) is 0 Å². The number of hydrogen-bond donors (Lipinski definition) is 1. The Morgan fingerprint density at radius 1 is 1.41 bits per heavy atom. The van der Waals surface area contributed by atoms with E-state index >= 15 is 0 Å². The van der Waals surface area contributed by atoms with Crippen molar-refractivity contribution in [2.75, 3.05) is 6.61 Å². The fourth-order valence-corrected chi connectivity index (χ4v) is 2.16. The van der Waals surface area contributed by atoms with Gasteiger partial charge in [0.05, 0.1) is 6.61 Å². The van der Waals surface area contributed by atoms with Gasteiger partial charge in [-0.15, -0.1) is 0 Å². The average molecular weight is 249 g/mol. The molecule has 3 heteroatoms. The highest BCUT2D eigenvalue weighted by Crippen LogP contribution is 2.29. The predicted octanol–water partition coefficient (Wildman–Crippen LogP) is 3.03. The second-order valence-electron chi connectivity index (χ2n) is 4.70. The highest BCUT2D eigenvalue weighted by Gasteiger charge is 2.16. The Kier molecular flexibility index (Phi) is 4.51. The van der Waals surface area contributed by atoms with Crippen LogP contribution in [0.25, 0.3) is 0 Å². The Bertz CT molecular complexity index is 388. The maximum Gasteiger partial charge on any atom is 0.103 e. The molecular weight excluding hydrogens is 230 g/mol. The maximum absolute atomic E-state index is 5.68. The molecular formula is C14H19NOS. The Balaban J connectivity index is 1.73. The van der Waals surface area contributed by atoms with Gasteiger partial charge in [0.1, 0.15) is 4.99 Å². The van der Waals surface area contributed by atoms with Gasteiger partial charge in [0.2, 0.25) is 0 Å². The highest BCUT2D eigenvalue weighted by atomic mass is 32.1. The molecule has 1 saturated carbocycles. The molecule has 0 heterocycles. The van der Waals surface area contributed by atoms with Crippen LogP contribution in [0.15, 0.2) is 24.3 Å². The van der Waals surface area contributed by atoms with Crippen molar-refractivity contribution >= 4 is 17.2 Å². The quantitative estimate of drug-likeness (QED) is 0.622. The van der Waals surface area contributed by atoms with Crippen molar-refractivity contribution in [3.05, 3.63) is 35.4 Å². The standard InChI is InChI=1S/C14H19NOS/c15-14(17)13-6-2-5-12(9-13)10-16-8-7-11-3-1-4-11/h2,5-6,9,11H,1,3-4,7-8,10H2,(H2,15,17). The fourth-order valence-electron chi connectivity index (χ4n) is 2.04. The topological polar surface area (TPSA) is 35.2 Å². The Labute approximate surface area is 108 Å². The van der Waals surface area contributed by atoms with Crippen molar-refractivity contribution in [1.82, 2.24) is 0 Å². The Hall–Kier alpha value is -0.930. The summed E-state index contributed by atoms with van der Waals surface area (Å²) in [5, 5.41) is 0. The molecule has 2 nitrogen and oxygen atoms in total. The lowest BCUT2D eigenvalue weighted by Gasteiger charge is -2.24. The van der Waals surface area contributed by atoms with Crippen LogP contribution in [-0.2, 0) is 11.3 Å². The van der Waals surface area contributed by atoms with Crippen LogP contribution in [-0.4, -0.2) is 11.6 Å². The van der Waals surface area contributed by atoms with Gasteiger partial charge >= 0.3 is 0 Å². The van der Waals surface area contributed by atoms with Crippen molar-refractivity contribution in [1.29, 1.82) is 0 Å². The Morgan fingerprint density at radius 2 is 2.24 bits per heavy atom. The third-order valence-corrected chi connectivity index (χ3v) is 3.61. The number of hydrogen-bond acceptors (Lipinski definition) is 2. The summed E-state index contributed by atoms with van der Waals surface area (Å²) in [4.78, 5) is 0.446. The molecule has 2 rings (SSSR count). The molecule has 0 unspecified atom stereocenters. The lowest BCUT2D eigenvalue weighted by molar-refractivity contribution is 0.0950. The minimum atomic E-state index is 0.446. The van der Waals surface area contributed by atoms with E-state index in [1.54, 1.807) is 0 Å². The average Bonchev–Trinajstić information content (AvgIpc) is 2.27. The minimum absolute atomic E-state index is 0.446.